The van der Waals surface area contributed by atoms with Gasteiger partial charge in [0.2, 0.25) is 8.32 Å². The molecule has 0 radical (unpaired) electrons. The normalized spacial score (nSPS) is 16.5. The molecule has 7 heteroatoms. The molecule has 0 bridgehead atoms. The van der Waals surface area contributed by atoms with Gasteiger partial charge in [-0.1, -0.05) is 20.4 Å². The second-order valence-electron chi connectivity index (χ2n) is 8.26. The molecule has 0 heterocycles. The van der Waals surface area contributed by atoms with Crippen LogP contribution in [0.2, 0.25) is 52.4 Å². The standard InChI is InChI=1S/C15H40O3Si4/c1-12-15(13-2,21(8,9)16-14(3)19-4)17-22(10,11)18-20(5,6)7/h14H,12-13,19H2,1-11H3. The van der Waals surface area contributed by atoms with Crippen LogP contribution in [0.4, 0.5) is 0 Å². The lowest BCUT2D eigenvalue weighted by atomic mass is 10.2. The van der Waals surface area contributed by atoms with E-state index in [-0.39, 0.29) is 14.7 Å². The quantitative estimate of drug-likeness (QED) is 0.524. The Morgan fingerprint density at radius 2 is 1.41 bits per heavy atom. The van der Waals surface area contributed by atoms with E-state index in [1.54, 1.807) is 0 Å². The van der Waals surface area contributed by atoms with Crippen molar-refractivity contribution >= 4 is 34.7 Å². The van der Waals surface area contributed by atoms with Gasteiger partial charge in [-0.15, -0.1) is 0 Å². The molecule has 134 valence electrons. The fraction of sp³-hybridized carbons (Fsp3) is 1.00. The molecule has 0 spiro atoms. The molecule has 0 saturated heterocycles. The van der Waals surface area contributed by atoms with Gasteiger partial charge in [-0.3, -0.25) is 0 Å². The zero-order valence-corrected chi connectivity index (χ0v) is 21.3. The predicted octanol–water partition coefficient (Wildman–Crippen LogP) is 4.44. The van der Waals surface area contributed by atoms with Crippen molar-refractivity contribution in [1.29, 1.82) is 0 Å². The average molecular weight is 381 g/mol. The minimum Gasteiger partial charge on any atom is -0.436 e. The molecule has 1 atom stereocenters. The number of rotatable bonds is 10. The molecular weight excluding hydrogens is 341 g/mol. The maximum absolute atomic E-state index is 6.81. The Bertz CT molecular complexity index is 336. The maximum Gasteiger partial charge on any atom is 0.321 e. The van der Waals surface area contributed by atoms with Gasteiger partial charge in [-0.05, 0) is 65.6 Å². The summed E-state index contributed by atoms with van der Waals surface area (Å²) in [5, 5.41) is -0.139. The first-order chi connectivity index (χ1) is 9.74. The lowest BCUT2D eigenvalue weighted by Gasteiger charge is -2.49. The van der Waals surface area contributed by atoms with Crippen LogP contribution < -0.4 is 0 Å². The third-order valence-corrected chi connectivity index (χ3v) is 15.5. The molecule has 0 aliphatic rings. The van der Waals surface area contributed by atoms with Gasteiger partial charge < -0.3 is 13.0 Å². The summed E-state index contributed by atoms with van der Waals surface area (Å²) in [5.41, 5.74) is 0.436. The Morgan fingerprint density at radius 3 is 1.73 bits per heavy atom. The average Bonchev–Trinajstić information content (AvgIpc) is 2.32. The maximum atomic E-state index is 6.81. The zero-order valence-electron chi connectivity index (χ0n) is 16.9. The van der Waals surface area contributed by atoms with Crippen LogP contribution in [0.5, 0.6) is 0 Å². The summed E-state index contributed by atoms with van der Waals surface area (Å²) in [6, 6.07) is 0. The first kappa shape index (κ1) is 22.7. The minimum atomic E-state index is -2.16. The summed E-state index contributed by atoms with van der Waals surface area (Å²) >= 11 is 0. The summed E-state index contributed by atoms with van der Waals surface area (Å²) in [7, 11) is -5.87. The third-order valence-electron chi connectivity index (χ3n) is 4.30. The topological polar surface area (TPSA) is 27.7 Å². The highest BCUT2D eigenvalue weighted by Crippen LogP contribution is 2.37. The summed E-state index contributed by atoms with van der Waals surface area (Å²) in [6.07, 6.45) is 2.01. The van der Waals surface area contributed by atoms with Crippen molar-refractivity contribution in [1.82, 2.24) is 0 Å². The van der Waals surface area contributed by atoms with Crippen molar-refractivity contribution in [2.45, 2.75) is 96.9 Å². The highest BCUT2D eigenvalue weighted by atomic mass is 28.4. The number of hydrogen-bond acceptors (Lipinski definition) is 3. The molecule has 0 aliphatic carbocycles. The third kappa shape index (κ3) is 6.70. The Hall–Kier alpha value is 0.748. The summed E-state index contributed by atoms with van der Waals surface area (Å²) in [4.78, 5) is 0. The van der Waals surface area contributed by atoms with E-state index in [1.807, 2.05) is 0 Å². The first-order valence-electron chi connectivity index (χ1n) is 8.82. The molecular formula is C15H40O3Si4. The van der Waals surface area contributed by atoms with Crippen LogP contribution in [0.3, 0.4) is 0 Å². The first-order valence-corrected chi connectivity index (χ1v) is 20.2. The van der Waals surface area contributed by atoms with Gasteiger partial charge in [0.25, 0.3) is 0 Å². The predicted molar refractivity (Wildman–Crippen MR) is 109 cm³/mol. The van der Waals surface area contributed by atoms with Crippen LogP contribution >= 0.6 is 0 Å². The van der Waals surface area contributed by atoms with Gasteiger partial charge >= 0.3 is 8.56 Å². The summed E-state index contributed by atoms with van der Waals surface area (Å²) < 4.78 is 19.8. The highest BCUT2D eigenvalue weighted by molar-refractivity contribution is 6.82. The Kier molecular flexibility index (Phi) is 8.50. The lowest BCUT2D eigenvalue weighted by Crippen LogP contribution is -2.64. The second-order valence-corrected chi connectivity index (χ2v) is 22.4. The van der Waals surface area contributed by atoms with E-state index >= 15 is 0 Å². The van der Waals surface area contributed by atoms with E-state index in [9.17, 15) is 0 Å². The van der Waals surface area contributed by atoms with Gasteiger partial charge in [0, 0.05) is 5.73 Å². The fourth-order valence-corrected chi connectivity index (χ4v) is 17.1. The minimum absolute atomic E-state index is 0.139. The Morgan fingerprint density at radius 1 is 0.955 bits per heavy atom. The molecule has 0 aliphatic heterocycles. The van der Waals surface area contributed by atoms with Crippen LogP contribution in [0.1, 0.15) is 33.6 Å². The fourth-order valence-electron chi connectivity index (χ4n) is 3.29. The summed E-state index contributed by atoms with van der Waals surface area (Å²) in [6.45, 7) is 24.8. The molecule has 0 N–H and O–H groups in total. The van der Waals surface area contributed by atoms with Crippen LogP contribution in [0, 0.1) is 0 Å². The molecule has 0 aromatic rings. The SMILES string of the molecule is CCC(CC)(O[Si](C)(C)O[Si](C)(C)C)[Si](C)(C)OC(C)[SiH2]C. The monoisotopic (exact) mass is 380 g/mol. The Labute approximate surface area is 144 Å². The van der Waals surface area contributed by atoms with Gasteiger partial charge in [0.1, 0.15) is 0 Å². The van der Waals surface area contributed by atoms with Crippen molar-refractivity contribution in [3.8, 4) is 0 Å². The highest BCUT2D eigenvalue weighted by Gasteiger charge is 2.51. The molecule has 1 unspecified atom stereocenters. The van der Waals surface area contributed by atoms with E-state index in [1.165, 1.54) is 0 Å². The van der Waals surface area contributed by atoms with Crippen LogP contribution in [0.15, 0.2) is 0 Å². The molecule has 0 aromatic carbocycles. The van der Waals surface area contributed by atoms with Gasteiger partial charge in [-0.25, -0.2) is 0 Å². The van der Waals surface area contributed by atoms with Crippen molar-refractivity contribution in [2.75, 3.05) is 0 Å². The van der Waals surface area contributed by atoms with Gasteiger partial charge in [0.15, 0.2) is 8.32 Å². The largest absolute Gasteiger partial charge is 0.436 e. The molecule has 0 saturated carbocycles. The smallest absolute Gasteiger partial charge is 0.321 e. The molecule has 0 aromatic heterocycles. The molecule has 0 amide bonds. The van der Waals surface area contributed by atoms with E-state index in [4.69, 9.17) is 13.0 Å². The van der Waals surface area contributed by atoms with Gasteiger partial charge in [0.05, 0.1) is 14.7 Å². The molecule has 3 nitrogen and oxygen atoms in total. The van der Waals surface area contributed by atoms with Crippen molar-refractivity contribution in [2.24, 2.45) is 0 Å². The van der Waals surface area contributed by atoms with Crippen molar-refractivity contribution in [3.05, 3.63) is 0 Å². The lowest BCUT2D eigenvalue weighted by molar-refractivity contribution is 0.0699. The molecule has 22 heavy (non-hydrogen) atoms. The van der Waals surface area contributed by atoms with E-state index in [0.717, 1.165) is 12.8 Å². The van der Waals surface area contributed by atoms with Crippen LogP contribution in [-0.2, 0) is 13.0 Å². The molecule has 0 rings (SSSR count). The Balaban J connectivity index is 5.41. The zero-order chi connectivity index (χ0) is 17.8. The van der Waals surface area contributed by atoms with E-state index < -0.39 is 25.2 Å². The second kappa shape index (κ2) is 8.22. The van der Waals surface area contributed by atoms with E-state index in [2.05, 4.69) is 73.1 Å². The van der Waals surface area contributed by atoms with E-state index in [0.29, 0.717) is 5.73 Å². The van der Waals surface area contributed by atoms with Crippen LogP contribution in [-0.4, -0.2) is 45.7 Å². The summed E-state index contributed by atoms with van der Waals surface area (Å²) in [5.74, 6) is 0. The van der Waals surface area contributed by atoms with Crippen molar-refractivity contribution in [3.63, 3.8) is 0 Å². The van der Waals surface area contributed by atoms with Crippen molar-refractivity contribution < 1.29 is 13.0 Å². The van der Waals surface area contributed by atoms with Crippen LogP contribution in [0.25, 0.3) is 0 Å². The van der Waals surface area contributed by atoms with Gasteiger partial charge in [-0.2, -0.15) is 0 Å². The molecule has 0 fully saturated rings. The number of hydrogen-bond donors (Lipinski definition) is 0.